The molecule has 2 unspecified atom stereocenters. The Hall–Kier alpha value is -3.56. The van der Waals surface area contributed by atoms with Crippen LogP contribution in [0.5, 0.6) is 0 Å². The monoisotopic (exact) mass is 473 g/mol. The lowest BCUT2D eigenvalue weighted by Gasteiger charge is -2.40. The van der Waals surface area contributed by atoms with Gasteiger partial charge in [0.2, 0.25) is 5.91 Å². The van der Waals surface area contributed by atoms with Gasteiger partial charge in [-0.25, -0.2) is 4.79 Å². The van der Waals surface area contributed by atoms with Crippen LogP contribution in [0.3, 0.4) is 0 Å². The van der Waals surface area contributed by atoms with Gasteiger partial charge in [0.25, 0.3) is 0 Å². The van der Waals surface area contributed by atoms with E-state index in [1.165, 1.54) is 17.0 Å². The topological polar surface area (TPSA) is 91.0 Å². The molecule has 180 valence electrons. The lowest BCUT2D eigenvalue weighted by atomic mass is 9.87. The van der Waals surface area contributed by atoms with Crippen molar-refractivity contribution in [2.24, 2.45) is 10.7 Å². The number of urea groups is 1. The summed E-state index contributed by atoms with van der Waals surface area (Å²) in [5.41, 5.74) is 6.95. The van der Waals surface area contributed by atoms with E-state index in [1.54, 1.807) is 4.90 Å². The smallest absolute Gasteiger partial charge is 0.383 e. The predicted octanol–water partition coefficient (Wildman–Crippen LogP) is 2.82. The number of hydrogen-bond acceptors (Lipinski definition) is 3. The Labute approximate surface area is 195 Å². The highest BCUT2D eigenvalue weighted by molar-refractivity contribution is 5.97. The fourth-order valence-electron chi connectivity index (χ4n) is 4.39. The molecule has 3 amide bonds. The van der Waals surface area contributed by atoms with Crippen molar-refractivity contribution in [1.29, 1.82) is 0 Å². The number of hydrogen-bond donors (Lipinski definition) is 2. The van der Waals surface area contributed by atoms with Crippen molar-refractivity contribution in [2.75, 3.05) is 32.7 Å². The van der Waals surface area contributed by atoms with Gasteiger partial charge in [-0.2, -0.15) is 13.2 Å². The van der Waals surface area contributed by atoms with Crippen molar-refractivity contribution in [3.05, 3.63) is 71.3 Å². The van der Waals surface area contributed by atoms with Gasteiger partial charge >= 0.3 is 12.2 Å². The number of amides is 3. The van der Waals surface area contributed by atoms with Crippen LogP contribution in [0.4, 0.5) is 18.0 Å². The van der Waals surface area contributed by atoms with Crippen molar-refractivity contribution in [2.45, 2.75) is 24.6 Å². The van der Waals surface area contributed by atoms with Gasteiger partial charge in [-0.05, 0) is 24.1 Å². The summed E-state index contributed by atoms with van der Waals surface area (Å²) in [7, 11) is 0. The van der Waals surface area contributed by atoms with Gasteiger partial charge in [0.15, 0.2) is 0 Å². The molecule has 34 heavy (non-hydrogen) atoms. The summed E-state index contributed by atoms with van der Waals surface area (Å²) in [6.07, 6.45) is -3.89. The number of halogens is 3. The Bertz CT molecular complexity index is 1060. The van der Waals surface area contributed by atoms with E-state index < -0.39 is 11.7 Å². The molecule has 2 aromatic rings. The number of nitrogens with zero attached hydrogens (tertiary/aromatic N) is 3. The van der Waals surface area contributed by atoms with Gasteiger partial charge in [-0.3, -0.25) is 9.79 Å². The first-order valence-corrected chi connectivity index (χ1v) is 11.1. The molecule has 2 aliphatic rings. The number of alkyl halides is 3. The SMILES string of the molecule is NC(=NC1CC(c2ccc(C(F)(F)F)cc2)CN(C(=O)N2CCNC(=O)C2)C1)c1ccccc1. The second-order valence-electron chi connectivity index (χ2n) is 8.55. The number of aliphatic imine (C=N–C) groups is 1. The van der Waals surface area contributed by atoms with Crippen molar-refractivity contribution in [3.8, 4) is 0 Å². The van der Waals surface area contributed by atoms with E-state index >= 15 is 0 Å². The van der Waals surface area contributed by atoms with E-state index in [1.807, 2.05) is 30.3 Å². The number of rotatable bonds is 3. The second kappa shape index (κ2) is 9.74. The number of likely N-dealkylation sites (tertiary alicyclic amines) is 1. The maximum atomic E-state index is 13.2. The molecule has 0 bridgehead atoms. The number of nitrogens with two attached hydrogens (primary N) is 1. The van der Waals surface area contributed by atoms with E-state index in [0.717, 1.165) is 17.7 Å². The third-order valence-corrected chi connectivity index (χ3v) is 6.11. The van der Waals surface area contributed by atoms with E-state index in [4.69, 9.17) is 5.73 Å². The molecular weight excluding hydrogens is 447 g/mol. The molecule has 0 spiro atoms. The lowest BCUT2D eigenvalue weighted by Crippen LogP contribution is -2.56. The summed E-state index contributed by atoms with van der Waals surface area (Å²) in [5, 5.41) is 2.69. The first-order chi connectivity index (χ1) is 16.2. The fourth-order valence-corrected chi connectivity index (χ4v) is 4.39. The van der Waals surface area contributed by atoms with Crippen LogP contribution in [0.2, 0.25) is 0 Å². The average Bonchev–Trinajstić information content (AvgIpc) is 2.83. The Kier molecular flexibility index (Phi) is 6.76. The van der Waals surface area contributed by atoms with Gasteiger partial charge < -0.3 is 20.9 Å². The van der Waals surface area contributed by atoms with Crippen LogP contribution >= 0.6 is 0 Å². The van der Waals surface area contributed by atoms with Crippen LogP contribution in [0.25, 0.3) is 0 Å². The molecule has 2 heterocycles. The van der Waals surface area contributed by atoms with Crippen LogP contribution in [-0.2, 0) is 11.0 Å². The molecule has 0 aliphatic carbocycles. The van der Waals surface area contributed by atoms with Crippen molar-refractivity contribution in [3.63, 3.8) is 0 Å². The van der Waals surface area contributed by atoms with Crippen LogP contribution < -0.4 is 11.1 Å². The highest BCUT2D eigenvalue weighted by Gasteiger charge is 2.35. The minimum Gasteiger partial charge on any atom is -0.383 e. The first-order valence-electron chi connectivity index (χ1n) is 11.1. The second-order valence-corrected chi connectivity index (χ2v) is 8.55. The quantitative estimate of drug-likeness (QED) is 0.531. The number of carbonyl (C=O) groups is 2. The summed E-state index contributed by atoms with van der Waals surface area (Å²) in [5.74, 6) is -0.113. The molecule has 2 aliphatic heterocycles. The highest BCUT2D eigenvalue weighted by atomic mass is 19.4. The van der Waals surface area contributed by atoms with E-state index in [9.17, 15) is 22.8 Å². The molecule has 2 aromatic carbocycles. The lowest BCUT2D eigenvalue weighted by molar-refractivity contribution is -0.137. The molecule has 0 saturated carbocycles. The molecule has 0 aromatic heterocycles. The zero-order valence-corrected chi connectivity index (χ0v) is 18.5. The molecular formula is C24H26F3N5O2. The summed E-state index contributed by atoms with van der Waals surface area (Å²) in [4.78, 5) is 32.7. The Balaban J connectivity index is 1.59. The average molecular weight is 473 g/mol. The zero-order valence-electron chi connectivity index (χ0n) is 18.5. The number of piperazine rings is 1. The minimum atomic E-state index is -4.42. The summed E-state index contributed by atoms with van der Waals surface area (Å²) in [6, 6.07) is 13.6. The fraction of sp³-hybridized carbons (Fsp3) is 0.375. The summed E-state index contributed by atoms with van der Waals surface area (Å²) >= 11 is 0. The van der Waals surface area contributed by atoms with Gasteiger partial charge in [0, 0.05) is 37.7 Å². The molecule has 3 N–H and O–H groups in total. The number of benzene rings is 2. The van der Waals surface area contributed by atoms with Crippen molar-refractivity contribution in [1.82, 2.24) is 15.1 Å². The molecule has 7 nitrogen and oxygen atoms in total. The number of piperidine rings is 1. The Morgan fingerprint density at radius 1 is 1.03 bits per heavy atom. The van der Waals surface area contributed by atoms with Gasteiger partial charge in [-0.1, -0.05) is 42.5 Å². The van der Waals surface area contributed by atoms with Crippen molar-refractivity contribution < 1.29 is 22.8 Å². The molecule has 0 radical (unpaired) electrons. The standard InChI is InChI=1S/C24H26F3N5O2/c25-24(26,27)19-8-6-16(7-9-19)18-12-20(30-22(28)17-4-2-1-3-5-17)14-32(13-18)23(34)31-11-10-29-21(33)15-31/h1-9,18,20H,10-15H2,(H2,28,30)(H,29,33). The Morgan fingerprint density at radius 3 is 2.38 bits per heavy atom. The molecule has 2 atom stereocenters. The molecule has 2 fully saturated rings. The van der Waals surface area contributed by atoms with Gasteiger partial charge in [-0.15, -0.1) is 0 Å². The van der Waals surface area contributed by atoms with Gasteiger partial charge in [0.05, 0.1) is 11.6 Å². The third-order valence-electron chi connectivity index (χ3n) is 6.11. The number of nitrogens with one attached hydrogen (secondary N) is 1. The highest BCUT2D eigenvalue weighted by Crippen LogP contribution is 2.33. The van der Waals surface area contributed by atoms with Gasteiger partial charge in [0.1, 0.15) is 12.4 Å². The number of amidine groups is 1. The predicted molar refractivity (Wildman–Crippen MR) is 121 cm³/mol. The summed E-state index contributed by atoms with van der Waals surface area (Å²) < 4.78 is 39.0. The first kappa shape index (κ1) is 23.6. The largest absolute Gasteiger partial charge is 0.416 e. The van der Waals surface area contributed by atoms with Crippen LogP contribution in [0, 0.1) is 0 Å². The normalized spacial score (nSPS) is 21.9. The Morgan fingerprint density at radius 2 is 1.74 bits per heavy atom. The summed E-state index contributed by atoms with van der Waals surface area (Å²) in [6.45, 7) is 1.37. The van der Waals surface area contributed by atoms with E-state index in [0.29, 0.717) is 44.0 Å². The van der Waals surface area contributed by atoms with Crippen LogP contribution in [-0.4, -0.2) is 66.3 Å². The zero-order chi connectivity index (χ0) is 24.3. The molecule has 10 heteroatoms. The van der Waals surface area contributed by atoms with Crippen LogP contribution in [0.15, 0.2) is 59.6 Å². The van der Waals surface area contributed by atoms with E-state index in [-0.39, 0.29) is 30.4 Å². The van der Waals surface area contributed by atoms with Crippen LogP contribution in [0.1, 0.15) is 29.0 Å². The maximum Gasteiger partial charge on any atom is 0.416 e. The van der Waals surface area contributed by atoms with Crippen molar-refractivity contribution >= 4 is 17.8 Å². The molecule has 2 saturated heterocycles. The third kappa shape index (κ3) is 5.49. The number of carbonyl (C=O) groups excluding carboxylic acids is 2. The minimum absolute atomic E-state index is 0.0274. The maximum absolute atomic E-state index is 13.2. The van der Waals surface area contributed by atoms with E-state index in [2.05, 4.69) is 10.3 Å². The molecule has 4 rings (SSSR count).